The van der Waals surface area contributed by atoms with Gasteiger partial charge in [-0.2, -0.15) is 10.2 Å². The molecule has 12 heteroatoms. The average molecular weight is 523 g/mol. The molecule has 0 bridgehead atoms. The summed E-state index contributed by atoms with van der Waals surface area (Å²) in [7, 11) is 1.66. The quantitative estimate of drug-likeness (QED) is 0.346. The summed E-state index contributed by atoms with van der Waals surface area (Å²) in [6.07, 6.45) is 11.0. The van der Waals surface area contributed by atoms with Gasteiger partial charge in [0.25, 0.3) is 5.91 Å². The van der Waals surface area contributed by atoms with Crippen molar-refractivity contribution in [2.75, 3.05) is 37.4 Å². The lowest BCUT2D eigenvalue weighted by molar-refractivity contribution is -0.117. The molecule has 2 amide bonds. The standard InChI is InChI=1S/C25H30N8O3S/c1-16-5-4-6-31(16)15-23(34)29-19-9-21(17(2)26-11-19)30-24(35)20-12-28-33-14-22(37-25(20)33)18-10-27-32(13-18)7-8-36-3/h9-14,16H,4-8,15H2,1-3H3,(H,29,34)(H,30,35). The van der Waals surface area contributed by atoms with E-state index in [4.69, 9.17) is 4.74 Å². The van der Waals surface area contributed by atoms with Gasteiger partial charge in [-0.05, 0) is 39.3 Å². The first-order chi connectivity index (χ1) is 17.9. The predicted octanol–water partition coefficient (Wildman–Crippen LogP) is 3.28. The first-order valence-corrected chi connectivity index (χ1v) is 13.0. The van der Waals surface area contributed by atoms with Gasteiger partial charge in [0.1, 0.15) is 4.83 Å². The molecule has 0 aliphatic carbocycles. The molecular weight excluding hydrogens is 492 g/mol. The zero-order valence-electron chi connectivity index (χ0n) is 21.1. The lowest BCUT2D eigenvalue weighted by Crippen LogP contribution is -2.35. The van der Waals surface area contributed by atoms with Crippen molar-refractivity contribution >= 4 is 39.4 Å². The number of pyridine rings is 1. The van der Waals surface area contributed by atoms with Crippen molar-refractivity contribution in [3.63, 3.8) is 0 Å². The van der Waals surface area contributed by atoms with Crippen LogP contribution in [0.2, 0.25) is 0 Å². The normalized spacial score (nSPS) is 15.9. The van der Waals surface area contributed by atoms with Gasteiger partial charge in [-0.25, -0.2) is 4.52 Å². The van der Waals surface area contributed by atoms with E-state index in [1.807, 2.05) is 24.0 Å². The molecule has 4 aromatic rings. The first kappa shape index (κ1) is 25.1. The fourth-order valence-electron chi connectivity index (χ4n) is 4.40. The third-order valence-electron chi connectivity index (χ3n) is 6.54. The number of rotatable bonds is 9. The number of thiazole rings is 1. The van der Waals surface area contributed by atoms with Crippen LogP contribution in [0, 0.1) is 6.92 Å². The number of methoxy groups -OCH3 is 1. The number of nitrogens with one attached hydrogen (secondary N) is 2. The minimum absolute atomic E-state index is 0.0910. The molecule has 11 nitrogen and oxygen atoms in total. The van der Waals surface area contributed by atoms with Crippen LogP contribution in [0.3, 0.4) is 0 Å². The number of likely N-dealkylation sites (tertiary alicyclic amines) is 1. The number of aryl methyl sites for hydroxylation is 1. The smallest absolute Gasteiger partial charge is 0.260 e. The van der Waals surface area contributed by atoms with E-state index in [-0.39, 0.29) is 11.8 Å². The maximum Gasteiger partial charge on any atom is 0.260 e. The highest BCUT2D eigenvalue weighted by molar-refractivity contribution is 7.21. The number of fused-ring (bicyclic) bond motifs is 1. The number of nitrogens with zero attached hydrogens (tertiary/aromatic N) is 6. The van der Waals surface area contributed by atoms with Gasteiger partial charge in [-0.15, -0.1) is 11.3 Å². The monoisotopic (exact) mass is 522 g/mol. The number of hydrogen-bond donors (Lipinski definition) is 2. The molecule has 1 atom stereocenters. The highest BCUT2D eigenvalue weighted by Crippen LogP contribution is 2.31. The maximum absolute atomic E-state index is 13.2. The molecule has 1 unspecified atom stereocenters. The Hall–Kier alpha value is -3.61. The molecule has 4 aromatic heterocycles. The summed E-state index contributed by atoms with van der Waals surface area (Å²) in [6.45, 7) is 6.47. The van der Waals surface area contributed by atoms with Crippen molar-refractivity contribution in [1.29, 1.82) is 0 Å². The zero-order chi connectivity index (χ0) is 25.9. The lowest BCUT2D eigenvalue weighted by atomic mass is 10.2. The predicted molar refractivity (Wildman–Crippen MR) is 142 cm³/mol. The van der Waals surface area contributed by atoms with Gasteiger partial charge in [0.2, 0.25) is 5.91 Å². The van der Waals surface area contributed by atoms with Gasteiger partial charge in [0.15, 0.2) is 0 Å². The molecule has 194 valence electrons. The van der Waals surface area contributed by atoms with Crippen molar-refractivity contribution in [3.8, 4) is 10.4 Å². The molecule has 0 saturated carbocycles. The number of ether oxygens (including phenoxy) is 1. The van der Waals surface area contributed by atoms with Gasteiger partial charge >= 0.3 is 0 Å². The summed E-state index contributed by atoms with van der Waals surface area (Å²) >= 11 is 1.47. The minimum atomic E-state index is -0.293. The van der Waals surface area contributed by atoms with E-state index in [9.17, 15) is 9.59 Å². The molecule has 1 saturated heterocycles. The number of amides is 2. The molecule has 37 heavy (non-hydrogen) atoms. The number of carbonyl (C=O) groups is 2. The van der Waals surface area contributed by atoms with Crippen LogP contribution in [0.25, 0.3) is 15.3 Å². The summed E-state index contributed by atoms with van der Waals surface area (Å²) < 4.78 is 8.63. The second-order valence-electron chi connectivity index (χ2n) is 9.21. The van der Waals surface area contributed by atoms with Crippen LogP contribution >= 0.6 is 11.3 Å². The Labute approximate surface area is 218 Å². The highest BCUT2D eigenvalue weighted by atomic mass is 32.1. The Bertz CT molecular complexity index is 1420. The van der Waals surface area contributed by atoms with Crippen LogP contribution in [-0.2, 0) is 16.1 Å². The summed E-state index contributed by atoms with van der Waals surface area (Å²) in [4.78, 5) is 34.0. The van der Waals surface area contributed by atoms with E-state index in [1.54, 1.807) is 36.3 Å². The van der Waals surface area contributed by atoms with Crippen molar-refractivity contribution < 1.29 is 14.3 Å². The van der Waals surface area contributed by atoms with E-state index in [1.165, 1.54) is 11.3 Å². The molecule has 0 aromatic carbocycles. The Morgan fingerprint density at radius 2 is 2.05 bits per heavy atom. The Kier molecular flexibility index (Phi) is 7.31. The summed E-state index contributed by atoms with van der Waals surface area (Å²) in [6, 6.07) is 2.15. The highest BCUT2D eigenvalue weighted by Gasteiger charge is 2.23. The van der Waals surface area contributed by atoms with Crippen LogP contribution in [0.1, 0.15) is 35.8 Å². The van der Waals surface area contributed by atoms with Crippen LogP contribution in [0.4, 0.5) is 11.4 Å². The fourth-order valence-corrected chi connectivity index (χ4v) is 5.44. The van der Waals surface area contributed by atoms with Gasteiger partial charge in [-0.1, -0.05) is 0 Å². The second-order valence-corrected chi connectivity index (χ2v) is 10.2. The lowest BCUT2D eigenvalue weighted by Gasteiger charge is -2.20. The Balaban J connectivity index is 1.28. The number of carbonyl (C=O) groups excluding carboxylic acids is 2. The molecular formula is C25H30N8O3S. The topological polar surface area (TPSA) is 119 Å². The Morgan fingerprint density at radius 3 is 2.84 bits per heavy atom. The van der Waals surface area contributed by atoms with Crippen LogP contribution in [0.15, 0.2) is 37.1 Å². The van der Waals surface area contributed by atoms with Crippen LogP contribution in [0.5, 0.6) is 0 Å². The molecule has 1 fully saturated rings. The zero-order valence-corrected chi connectivity index (χ0v) is 21.9. The third kappa shape index (κ3) is 5.55. The van der Waals surface area contributed by atoms with Crippen molar-refractivity contribution in [2.24, 2.45) is 0 Å². The largest absolute Gasteiger partial charge is 0.383 e. The molecule has 5 rings (SSSR count). The molecule has 1 aliphatic heterocycles. The number of aromatic nitrogens is 5. The van der Waals surface area contributed by atoms with Crippen molar-refractivity contribution in [1.82, 2.24) is 29.3 Å². The molecule has 5 heterocycles. The van der Waals surface area contributed by atoms with Crippen molar-refractivity contribution in [3.05, 3.63) is 48.3 Å². The van der Waals surface area contributed by atoms with Crippen LogP contribution < -0.4 is 10.6 Å². The van der Waals surface area contributed by atoms with Gasteiger partial charge in [-0.3, -0.25) is 24.2 Å². The molecule has 2 N–H and O–H groups in total. The minimum Gasteiger partial charge on any atom is -0.383 e. The molecule has 0 spiro atoms. The fraction of sp³-hybridized carbons (Fsp3) is 0.400. The van der Waals surface area contributed by atoms with E-state index in [0.717, 1.165) is 34.7 Å². The SMILES string of the molecule is COCCn1cc(-c2cn3ncc(C(=O)Nc4cc(NC(=O)CN5CCCC5C)cnc4C)c3s2)cn1. The Morgan fingerprint density at radius 1 is 1.19 bits per heavy atom. The van der Waals surface area contributed by atoms with Crippen LogP contribution in [-0.4, -0.2) is 73.9 Å². The van der Waals surface area contributed by atoms with E-state index >= 15 is 0 Å². The van der Waals surface area contributed by atoms with Gasteiger partial charge in [0, 0.05) is 31.1 Å². The summed E-state index contributed by atoms with van der Waals surface area (Å²) in [5.41, 5.74) is 3.14. The second kappa shape index (κ2) is 10.8. The number of anilines is 2. The summed E-state index contributed by atoms with van der Waals surface area (Å²) in [5.74, 6) is -0.384. The summed E-state index contributed by atoms with van der Waals surface area (Å²) in [5, 5.41) is 14.6. The molecule has 1 aliphatic rings. The first-order valence-electron chi connectivity index (χ1n) is 12.2. The number of hydrogen-bond acceptors (Lipinski definition) is 8. The average Bonchev–Trinajstić information content (AvgIpc) is 3.65. The van der Waals surface area contributed by atoms with E-state index in [0.29, 0.717) is 48.4 Å². The third-order valence-corrected chi connectivity index (χ3v) is 7.70. The molecule has 0 radical (unpaired) electrons. The van der Waals surface area contributed by atoms with Gasteiger partial charge < -0.3 is 15.4 Å². The maximum atomic E-state index is 13.2. The van der Waals surface area contributed by atoms with E-state index in [2.05, 4.69) is 37.6 Å². The van der Waals surface area contributed by atoms with Gasteiger partial charge in [0.05, 0.1) is 65.8 Å². The van der Waals surface area contributed by atoms with Crippen molar-refractivity contribution in [2.45, 2.75) is 39.3 Å². The van der Waals surface area contributed by atoms with E-state index < -0.39 is 0 Å².